The van der Waals surface area contributed by atoms with Crippen LogP contribution in [0.25, 0.3) is 0 Å². The van der Waals surface area contributed by atoms with Gasteiger partial charge in [-0.15, -0.1) is 0 Å². The van der Waals surface area contributed by atoms with Crippen molar-refractivity contribution in [3.8, 4) is 0 Å². The number of alkyl halides is 1. The maximum atomic E-state index is 13.0. The molecule has 1 fully saturated rings. The van der Waals surface area contributed by atoms with Crippen molar-refractivity contribution < 1.29 is 9.18 Å². The molecule has 1 nitrogen and oxygen atoms in total. The van der Waals surface area contributed by atoms with Crippen LogP contribution in [-0.2, 0) is 0 Å². The summed E-state index contributed by atoms with van der Waals surface area (Å²) in [5.74, 6) is -0.131. The predicted octanol–water partition coefficient (Wildman–Crippen LogP) is 4.27. The monoisotopic (exact) mass is 352 g/mol. The van der Waals surface area contributed by atoms with E-state index in [0.29, 0.717) is 29.8 Å². The van der Waals surface area contributed by atoms with E-state index in [1.807, 2.05) is 0 Å². The lowest BCUT2D eigenvalue weighted by Gasteiger charge is -2.10. The van der Waals surface area contributed by atoms with Crippen LogP contribution in [0.1, 0.15) is 29.6 Å². The normalized spacial score (nSPS) is 24.7. The topological polar surface area (TPSA) is 17.1 Å². The summed E-state index contributed by atoms with van der Waals surface area (Å²) in [6.45, 7) is 0. The van der Waals surface area contributed by atoms with Crippen molar-refractivity contribution in [1.82, 2.24) is 0 Å². The number of halogens is 3. The SMILES string of the molecule is O=C(c1cccc(Cl)c1I)C1CC[C@H](F)C1. The summed E-state index contributed by atoms with van der Waals surface area (Å²) < 4.78 is 13.8. The Balaban J connectivity index is 2.24. The summed E-state index contributed by atoms with van der Waals surface area (Å²) in [7, 11) is 0. The Labute approximate surface area is 113 Å². The van der Waals surface area contributed by atoms with Crippen molar-refractivity contribution >= 4 is 40.0 Å². The second-order valence-electron chi connectivity index (χ2n) is 4.07. The molecule has 2 atom stereocenters. The van der Waals surface area contributed by atoms with Crippen LogP contribution in [0.4, 0.5) is 4.39 Å². The molecule has 1 aliphatic rings. The Morgan fingerprint density at radius 2 is 2.19 bits per heavy atom. The Morgan fingerprint density at radius 1 is 1.44 bits per heavy atom. The highest BCUT2D eigenvalue weighted by atomic mass is 127. The van der Waals surface area contributed by atoms with Crippen LogP contribution >= 0.6 is 34.2 Å². The number of benzene rings is 1. The Bertz CT molecular complexity index is 421. The van der Waals surface area contributed by atoms with E-state index in [-0.39, 0.29) is 11.7 Å². The minimum absolute atomic E-state index is 0.0343. The Morgan fingerprint density at radius 3 is 2.81 bits per heavy atom. The largest absolute Gasteiger partial charge is 0.294 e. The van der Waals surface area contributed by atoms with Gasteiger partial charge in [0.15, 0.2) is 5.78 Å². The van der Waals surface area contributed by atoms with E-state index in [9.17, 15) is 9.18 Å². The van der Waals surface area contributed by atoms with Crippen LogP contribution < -0.4 is 0 Å². The average molecular weight is 353 g/mol. The number of carbonyl (C=O) groups is 1. The van der Waals surface area contributed by atoms with Crippen molar-refractivity contribution in [2.75, 3.05) is 0 Å². The van der Waals surface area contributed by atoms with Crippen LogP contribution in [0.15, 0.2) is 18.2 Å². The number of ketones is 1. The fourth-order valence-electron chi connectivity index (χ4n) is 2.08. The third kappa shape index (κ3) is 2.40. The molecule has 0 spiro atoms. The molecule has 1 aliphatic carbocycles. The highest BCUT2D eigenvalue weighted by Gasteiger charge is 2.31. The van der Waals surface area contributed by atoms with Crippen LogP contribution in [0.3, 0.4) is 0 Å². The minimum atomic E-state index is -0.814. The standard InChI is InChI=1S/C12H11ClFIO/c13-10-3-1-2-9(11(10)15)12(16)7-4-5-8(14)6-7/h1-3,7-8H,4-6H2/t7?,8-/m0/s1. The van der Waals surface area contributed by atoms with Gasteiger partial charge in [0.2, 0.25) is 0 Å². The van der Waals surface area contributed by atoms with E-state index >= 15 is 0 Å². The summed E-state index contributed by atoms with van der Waals surface area (Å²) in [6.07, 6.45) is 0.711. The fourth-order valence-corrected chi connectivity index (χ4v) is 2.88. The summed E-state index contributed by atoms with van der Waals surface area (Å²) in [6, 6.07) is 5.29. The molecule has 0 bridgehead atoms. The first-order valence-corrected chi connectivity index (χ1v) is 6.67. The quantitative estimate of drug-likeness (QED) is 0.574. The van der Waals surface area contributed by atoms with Gasteiger partial charge in [0.1, 0.15) is 6.17 Å². The number of hydrogen-bond donors (Lipinski definition) is 0. The van der Waals surface area contributed by atoms with Crippen molar-refractivity contribution in [2.24, 2.45) is 5.92 Å². The van der Waals surface area contributed by atoms with E-state index in [0.717, 1.165) is 3.57 Å². The van der Waals surface area contributed by atoms with E-state index in [1.165, 1.54) is 0 Å². The van der Waals surface area contributed by atoms with Gasteiger partial charge in [-0.3, -0.25) is 4.79 Å². The molecule has 0 heterocycles. The van der Waals surface area contributed by atoms with Gasteiger partial charge in [0.25, 0.3) is 0 Å². The van der Waals surface area contributed by atoms with Gasteiger partial charge in [-0.1, -0.05) is 23.7 Å². The minimum Gasteiger partial charge on any atom is -0.294 e. The first-order valence-electron chi connectivity index (χ1n) is 5.22. The van der Waals surface area contributed by atoms with Gasteiger partial charge >= 0.3 is 0 Å². The molecule has 1 saturated carbocycles. The van der Waals surface area contributed by atoms with Gasteiger partial charge in [0, 0.05) is 15.1 Å². The van der Waals surface area contributed by atoms with E-state index < -0.39 is 6.17 Å². The van der Waals surface area contributed by atoms with Gasteiger partial charge < -0.3 is 0 Å². The molecule has 1 unspecified atom stereocenters. The summed E-state index contributed by atoms with van der Waals surface area (Å²) in [5, 5.41) is 0.584. The second-order valence-corrected chi connectivity index (χ2v) is 5.56. The third-order valence-electron chi connectivity index (χ3n) is 2.96. The zero-order chi connectivity index (χ0) is 11.7. The predicted molar refractivity (Wildman–Crippen MR) is 70.7 cm³/mol. The van der Waals surface area contributed by atoms with Gasteiger partial charge in [-0.2, -0.15) is 0 Å². The van der Waals surface area contributed by atoms with Gasteiger partial charge in [-0.25, -0.2) is 4.39 Å². The van der Waals surface area contributed by atoms with Crippen molar-refractivity contribution in [3.63, 3.8) is 0 Å². The number of carbonyl (C=O) groups excluding carboxylic acids is 1. The molecule has 2 rings (SSSR count). The lowest BCUT2D eigenvalue weighted by molar-refractivity contribution is 0.0916. The van der Waals surface area contributed by atoms with Crippen LogP contribution in [0, 0.1) is 9.49 Å². The Hall–Kier alpha value is -0.160. The number of Topliss-reactive ketones (excluding diaryl/α,β-unsaturated/α-hetero) is 1. The smallest absolute Gasteiger partial charge is 0.167 e. The Kier molecular flexibility index (Phi) is 3.85. The summed E-state index contributed by atoms with van der Waals surface area (Å²) in [4.78, 5) is 12.1. The summed E-state index contributed by atoms with van der Waals surface area (Å²) >= 11 is 8.02. The molecule has 0 saturated heterocycles. The highest BCUT2D eigenvalue weighted by Crippen LogP contribution is 2.32. The first-order chi connectivity index (χ1) is 7.59. The summed E-state index contributed by atoms with van der Waals surface area (Å²) in [5.41, 5.74) is 0.632. The lowest BCUT2D eigenvalue weighted by atomic mass is 9.96. The van der Waals surface area contributed by atoms with Gasteiger partial charge in [-0.05, 0) is 47.9 Å². The van der Waals surface area contributed by atoms with Crippen LogP contribution in [0.2, 0.25) is 5.02 Å². The molecular formula is C12H11ClFIO. The molecule has 86 valence electrons. The first kappa shape index (κ1) is 12.3. The van der Waals surface area contributed by atoms with E-state index in [1.54, 1.807) is 18.2 Å². The molecule has 1 aromatic carbocycles. The van der Waals surface area contributed by atoms with Crippen LogP contribution in [0.5, 0.6) is 0 Å². The van der Waals surface area contributed by atoms with Crippen molar-refractivity contribution in [1.29, 1.82) is 0 Å². The molecule has 0 amide bonds. The van der Waals surface area contributed by atoms with Crippen molar-refractivity contribution in [3.05, 3.63) is 32.4 Å². The lowest BCUT2D eigenvalue weighted by Crippen LogP contribution is -2.13. The average Bonchev–Trinajstić information content (AvgIpc) is 2.68. The molecule has 4 heteroatoms. The van der Waals surface area contributed by atoms with Crippen molar-refractivity contribution in [2.45, 2.75) is 25.4 Å². The number of rotatable bonds is 2. The maximum absolute atomic E-state index is 13.0. The van der Waals surface area contributed by atoms with E-state index in [4.69, 9.17) is 11.6 Å². The zero-order valence-corrected chi connectivity index (χ0v) is 11.5. The maximum Gasteiger partial charge on any atom is 0.167 e. The molecule has 0 radical (unpaired) electrons. The van der Waals surface area contributed by atoms with Gasteiger partial charge in [0.05, 0.1) is 5.02 Å². The van der Waals surface area contributed by atoms with Crippen LogP contribution in [-0.4, -0.2) is 12.0 Å². The number of hydrogen-bond acceptors (Lipinski definition) is 1. The molecule has 1 aromatic rings. The molecular weight excluding hydrogens is 341 g/mol. The van der Waals surface area contributed by atoms with E-state index in [2.05, 4.69) is 22.6 Å². The zero-order valence-electron chi connectivity index (χ0n) is 8.55. The molecule has 0 aliphatic heterocycles. The highest BCUT2D eigenvalue weighted by molar-refractivity contribution is 14.1. The fraction of sp³-hybridized carbons (Fsp3) is 0.417. The third-order valence-corrected chi connectivity index (χ3v) is 4.75. The molecule has 0 aromatic heterocycles. The molecule has 16 heavy (non-hydrogen) atoms. The molecule has 0 N–H and O–H groups in total. The second kappa shape index (κ2) is 5.00.